The predicted molar refractivity (Wildman–Crippen MR) is 121 cm³/mol. The summed E-state index contributed by atoms with van der Waals surface area (Å²) in [6.45, 7) is 15.3. The molecule has 0 aromatic carbocycles. The van der Waals surface area contributed by atoms with Gasteiger partial charge in [-0.15, -0.1) is 0 Å². The standard InChI is InChI=1S/C22H34GeOSi2/c1-25(2,3)15-23(16-26(4,5)6)20-13-9-11-18-14-17-10-7-8-12-19(17)22(24-23)21(18)20/h8-9,11-13,20H,7,10,14-16H2,1-6H3. The van der Waals surface area contributed by atoms with Crippen molar-refractivity contribution >= 4 is 29.8 Å². The van der Waals surface area contributed by atoms with Gasteiger partial charge in [0.05, 0.1) is 0 Å². The maximum absolute atomic E-state index is 7.32. The zero-order valence-electron chi connectivity index (χ0n) is 17.4. The first-order valence-corrected chi connectivity index (χ1v) is 22.7. The van der Waals surface area contributed by atoms with E-state index in [1.807, 2.05) is 0 Å². The summed E-state index contributed by atoms with van der Waals surface area (Å²) in [6.07, 6.45) is 15.6. The van der Waals surface area contributed by atoms with E-state index in [4.69, 9.17) is 3.76 Å². The van der Waals surface area contributed by atoms with Gasteiger partial charge < -0.3 is 0 Å². The SMILES string of the molecule is C[Si](C)(C)[CH2][Ge]1([CH2][Si](C)(C)C)[O]C2=C3C(=CC=C[CH]31)CC1=C2C=CCC1. The number of hydrogen-bond acceptors (Lipinski definition) is 1. The van der Waals surface area contributed by atoms with Gasteiger partial charge >= 0.3 is 165 Å². The van der Waals surface area contributed by atoms with Gasteiger partial charge in [0.25, 0.3) is 0 Å². The van der Waals surface area contributed by atoms with Gasteiger partial charge in [0.2, 0.25) is 0 Å². The molecule has 0 saturated heterocycles. The molecule has 0 spiro atoms. The van der Waals surface area contributed by atoms with Crippen LogP contribution in [0.2, 0.25) is 53.8 Å². The summed E-state index contributed by atoms with van der Waals surface area (Å²) >= 11 is -2.53. The van der Waals surface area contributed by atoms with Crippen molar-refractivity contribution in [1.82, 2.24) is 0 Å². The molecule has 4 heteroatoms. The van der Waals surface area contributed by atoms with Gasteiger partial charge in [0.15, 0.2) is 0 Å². The van der Waals surface area contributed by atoms with Crippen LogP contribution < -0.4 is 0 Å². The summed E-state index contributed by atoms with van der Waals surface area (Å²) in [7, 11) is -2.38. The summed E-state index contributed by atoms with van der Waals surface area (Å²) in [5.41, 5.74) is 6.31. The second-order valence-corrected chi connectivity index (χ2v) is 32.7. The maximum atomic E-state index is 7.32. The van der Waals surface area contributed by atoms with Crippen LogP contribution in [0.1, 0.15) is 19.3 Å². The molecule has 0 bridgehead atoms. The first-order chi connectivity index (χ1) is 12.1. The van der Waals surface area contributed by atoms with Gasteiger partial charge in [0, 0.05) is 0 Å². The average molecular weight is 443 g/mol. The fourth-order valence-corrected chi connectivity index (χ4v) is 43.2. The molecule has 0 aromatic rings. The van der Waals surface area contributed by atoms with E-state index in [0.29, 0.717) is 4.75 Å². The Labute approximate surface area is 164 Å². The number of allylic oxidation sites excluding steroid dienone is 8. The van der Waals surface area contributed by atoms with Crippen molar-refractivity contribution in [3.05, 3.63) is 58.4 Å². The van der Waals surface area contributed by atoms with E-state index < -0.39 is 29.8 Å². The molecule has 0 amide bonds. The molecule has 0 fully saturated rings. The molecule has 1 heterocycles. The van der Waals surface area contributed by atoms with Crippen molar-refractivity contribution in [3.63, 3.8) is 0 Å². The van der Waals surface area contributed by atoms with Crippen LogP contribution in [0.3, 0.4) is 0 Å². The van der Waals surface area contributed by atoms with Crippen LogP contribution >= 0.6 is 0 Å². The van der Waals surface area contributed by atoms with Crippen LogP contribution in [0, 0.1) is 0 Å². The second kappa shape index (κ2) is 6.25. The Morgan fingerprint density at radius 1 is 1.08 bits per heavy atom. The molecule has 0 saturated carbocycles. The monoisotopic (exact) mass is 444 g/mol. The Morgan fingerprint density at radius 3 is 2.42 bits per heavy atom. The molecule has 0 aromatic heterocycles. The van der Waals surface area contributed by atoms with E-state index in [1.165, 1.54) is 40.3 Å². The van der Waals surface area contributed by atoms with Crippen molar-refractivity contribution in [2.24, 2.45) is 0 Å². The molecule has 26 heavy (non-hydrogen) atoms. The second-order valence-electron chi connectivity index (χ2n) is 11.1. The van der Waals surface area contributed by atoms with Crippen LogP contribution in [0.25, 0.3) is 0 Å². The van der Waals surface area contributed by atoms with E-state index in [1.54, 1.807) is 16.7 Å². The molecule has 3 aliphatic carbocycles. The summed E-state index contributed by atoms with van der Waals surface area (Å²) in [5.74, 6) is 1.33. The van der Waals surface area contributed by atoms with Gasteiger partial charge in [0.1, 0.15) is 0 Å². The Morgan fingerprint density at radius 2 is 1.77 bits per heavy atom. The zero-order valence-corrected chi connectivity index (χ0v) is 21.5. The zero-order chi connectivity index (χ0) is 18.7. The van der Waals surface area contributed by atoms with Crippen molar-refractivity contribution in [2.75, 3.05) is 0 Å². The molecule has 0 radical (unpaired) electrons. The normalized spacial score (nSPS) is 26.5. The molecule has 1 atom stereocenters. The van der Waals surface area contributed by atoms with Gasteiger partial charge in [-0.25, -0.2) is 0 Å². The van der Waals surface area contributed by atoms with Crippen LogP contribution in [0.4, 0.5) is 0 Å². The third kappa shape index (κ3) is 3.35. The van der Waals surface area contributed by atoms with Crippen LogP contribution in [0.5, 0.6) is 0 Å². The van der Waals surface area contributed by atoms with Crippen molar-refractivity contribution < 1.29 is 3.76 Å². The first kappa shape index (κ1) is 18.8. The quantitative estimate of drug-likeness (QED) is 0.430. The Balaban J connectivity index is 1.83. The molecular weight excluding hydrogens is 409 g/mol. The first-order valence-electron chi connectivity index (χ1n) is 10.3. The average Bonchev–Trinajstić information content (AvgIpc) is 2.80. The van der Waals surface area contributed by atoms with Crippen LogP contribution in [0.15, 0.2) is 58.4 Å². The van der Waals surface area contributed by atoms with E-state index in [0.717, 1.165) is 0 Å². The van der Waals surface area contributed by atoms with E-state index in [2.05, 4.69) is 69.7 Å². The minimum absolute atomic E-state index is 0.646. The third-order valence-electron chi connectivity index (χ3n) is 5.96. The summed E-state index contributed by atoms with van der Waals surface area (Å²) in [5, 5.41) is 0. The predicted octanol–water partition coefficient (Wildman–Crippen LogP) is 6.89. The van der Waals surface area contributed by atoms with Crippen molar-refractivity contribution in [2.45, 2.75) is 73.0 Å². The summed E-state index contributed by atoms with van der Waals surface area (Å²) < 4.78 is 7.97. The van der Waals surface area contributed by atoms with Crippen molar-refractivity contribution in [3.8, 4) is 0 Å². The molecule has 140 valence electrons. The Kier molecular flexibility index (Phi) is 4.52. The third-order valence-corrected chi connectivity index (χ3v) is 34.8. The fourth-order valence-electron chi connectivity index (χ4n) is 5.58. The molecule has 4 rings (SSSR count). The topological polar surface area (TPSA) is 9.23 Å². The molecule has 4 aliphatic rings. The van der Waals surface area contributed by atoms with Gasteiger partial charge in [-0.1, -0.05) is 0 Å². The van der Waals surface area contributed by atoms with E-state index in [9.17, 15) is 0 Å². The van der Waals surface area contributed by atoms with Crippen LogP contribution in [-0.2, 0) is 3.76 Å². The molecule has 1 unspecified atom stereocenters. The molecule has 0 N–H and O–H groups in total. The van der Waals surface area contributed by atoms with Gasteiger partial charge in [-0.05, 0) is 0 Å². The minimum atomic E-state index is -2.53. The van der Waals surface area contributed by atoms with Crippen molar-refractivity contribution in [1.29, 1.82) is 0 Å². The number of hydrogen-bond donors (Lipinski definition) is 0. The summed E-state index contributed by atoms with van der Waals surface area (Å²) in [4.78, 5) is 2.89. The summed E-state index contributed by atoms with van der Waals surface area (Å²) in [6, 6.07) is 0. The Hall–Kier alpha value is -0.523. The van der Waals surface area contributed by atoms with E-state index in [-0.39, 0.29) is 0 Å². The van der Waals surface area contributed by atoms with Gasteiger partial charge in [-0.2, -0.15) is 0 Å². The fraction of sp³-hybridized carbons (Fsp3) is 0.545. The number of rotatable bonds is 4. The van der Waals surface area contributed by atoms with Gasteiger partial charge in [-0.3, -0.25) is 0 Å². The van der Waals surface area contributed by atoms with Crippen LogP contribution in [-0.4, -0.2) is 29.8 Å². The molecule has 1 nitrogen and oxygen atoms in total. The number of fused-ring (bicyclic) bond motifs is 1. The molecule has 1 aliphatic heterocycles. The molecular formula is C22H34GeOSi2. The Bertz CT molecular complexity index is 768. The van der Waals surface area contributed by atoms with E-state index >= 15 is 0 Å².